The van der Waals surface area contributed by atoms with Gasteiger partial charge in [0.15, 0.2) is 5.82 Å². The Bertz CT molecular complexity index is 1080. The molecule has 2 atom stereocenters. The van der Waals surface area contributed by atoms with Crippen LogP contribution < -0.4 is 0 Å². The van der Waals surface area contributed by atoms with E-state index >= 15 is 0 Å². The maximum Gasteiger partial charge on any atom is 0.159 e. The zero-order chi connectivity index (χ0) is 20.4. The normalized spacial score (nSPS) is 23.3. The summed E-state index contributed by atoms with van der Waals surface area (Å²) in [6.45, 7) is 13.1. The number of nitrogens with zero attached hydrogens (tertiary/aromatic N) is 3. The Morgan fingerprint density at radius 3 is 2.93 bits per heavy atom. The largest absolute Gasteiger partial charge is 0.360 e. The lowest BCUT2D eigenvalue weighted by molar-refractivity contribution is 0.0757. The number of aromatic amines is 1. The number of ether oxygens (including phenoxy) is 1. The first kappa shape index (κ1) is 19.1. The minimum atomic E-state index is -1.08. The minimum Gasteiger partial charge on any atom is -0.360 e. The van der Waals surface area contributed by atoms with Crippen LogP contribution in [0.15, 0.2) is 18.2 Å². The number of hydrogen-bond acceptors (Lipinski definition) is 3. The van der Waals surface area contributed by atoms with Gasteiger partial charge in [0.25, 0.3) is 0 Å². The first-order valence-corrected chi connectivity index (χ1v) is 14.6. The Morgan fingerprint density at radius 1 is 1.31 bits per heavy atom. The van der Waals surface area contributed by atoms with Crippen LogP contribution in [0.2, 0.25) is 25.7 Å². The van der Waals surface area contributed by atoms with E-state index in [1.165, 1.54) is 29.3 Å². The van der Waals surface area contributed by atoms with Crippen molar-refractivity contribution < 1.29 is 4.74 Å². The fraction of sp³-hybridized carbons (Fsp3) is 0.565. The maximum absolute atomic E-state index is 6.07. The molecule has 2 aromatic heterocycles. The van der Waals surface area contributed by atoms with Crippen molar-refractivity contribution in [3.05, 3.63) is 35.0 Å². The van der Waals surface area contributed by atoms with E-state index in [0.29, 0.717) is 12.1 Å². The number of H-pyrrole nitrogens is 1. The van der Waals surface area contributed by atoms with E-state index in [1.54, 1.807) is 0 Å². The summed E-state index contributed by atoms with van der Waals surface area (Å²) in [5, 5.41) is 5.01. The van der Waals surface area contributed by atoms with Gasteiger partial charge in [-0.25, -0.2) is 9.67 Å². The summed E-state index contributed by atoms with van der Waals surface area (Å²) >= 11 is 0. The van der Waals surface area contributed by atoms with E-state index in [1.807, 2.05) is 0 Å². The van der Waals surface area contributed by atoms with Crippen molar-refractivity contribution in [2.24, 2.45) is 11.3 Å². The third-order valence-electron chi connectivity index (χ3n) is 6.80. The molecule has 5 rings (SSSR count). The summed E-state index contributed by atoms with van der Waals surface area (Å²) in [7, 11) is -1.08. The molecule has 1 fully saturated rings. The van der Waals surface area contributed by atoms with Crippen molar-refractivity contribution in [3.63, 3.8) is 0 Å². The van der Waals surface area contributed by atoms with Gasteiger partial charge in [-0.3, -0.25) is 0 Å². The van der Waals surface area contributed by atoms with E-state index in [-0.39, 0.29) is 0 Å². The lowest BCUT2D eigenvalue weighted by atomic mass is 9.87. The number of hydrogen-bond donors (Lipinski definition) is 1. The molecule has 154 valence electrons. The fourth-order valence-corrected chi connectivity index (χ4v) is 5.43. The lowest BCUT2D eigenvalue weighted by Gasteiger charge is -2.20. The van der Waals surface area contributed by atoms with Crippen LogP contribution in [0, 0.1) is 18.3 Å². The van der Waals surface area contributed by atoms with Crippen molar-refractivity contribution >= 4 is 19.1 Å². The molecule has 2 aliphatic carbocycles. The summed E-state index contributed by atoms with van der Waals surface area (Å²) in [5.41, 5.74) is 7.57. The summed E-state index contributed by atoms with van der Waals surface area (Å²) < 4.78 is 8.19. The second-order valence-corrected chi connectivity index (χ2v) is 16.3. The van der Waals surface area contributed by atoms with Crippen LogP contribution in [0.1, 0.15) is 30.2 Å². The topological polar surface area (TPSA) is 55.7 Å². The van der Waals surface area contributed by atoms with Crippen molar-refractivity contribution in [2.45, 2.75) is 65.5 Å². The van der Waals surface area contributed by atoms with Crippen LogP contribution in [-0.2, 0) is 24.3 Å². The zero-order valence-corrected chi connectivity index (χ0v) is 19.3. The quantitative estimate of drug-likeness (QED) is 0.452. The molecule has 0 radical (unpaired) electrons. The van der Waals surface area contributed by atoms with Gasteiger partial charge in [0, 0.05) is 25.9 Å². The average molecular weight is 409 g/mol. The summed E-state index contributed by atoms with van der Waals surface area (Å²) in [5.74, 6) is 1.69. The van der Waals surface area contributed by atoms with Gasteiger partial charge in [-0.1, -0.05) is 32.6 Å². The Balaban J connectivity index is 1.47. The van der Waals surface area contributed by atoms with E-state index in [2.05, 4.69) is 61.4 Å². The van der Waals surface area contributed by atoms with E-state index in [0.717, 1.165) is 47.9 Å². The number of benzene rings is 1. The van der Waals surface area contributed by atoms with Crippen molar-refractivity contribution in [1.29, 1.82) is 0 Å². The number of aryl methyl sites for hydroxylation is 1. The van der Waals surface area contributed by atoms with Crippen molar-refractivity contribution in [3.8, 4) is 11.5 Å². The summed E-state index contributed by atoms with van der Waals surface area (Å²) in [4.78, 5) is 8.38. The van der Waals surface area contributed by atoms with Crippen LogP contribution in [0.25, 0.3) is 22.6 Å². The van der Waals surface area contributed by atoms with Gasteiger partial charge in [-0.15, -0.1) is 0 Å². The second-order valence-electron chi connectivity index (χ2n) is 10.7. The number of imidazole rings is 1. The number of nitrogens with one attached hydrogen (secondary N) is 1. The van der Waals surface area contributed by atoms with Crippen LogP contribution in [0.4, 0.5) is 0 Å². The molecule has 3 aromatic rings. The Hall–Kier alpha value is -1.92. The maximum atomic E-state index is 6.07. The number of rotatable bonds is 6. The molecule has 2 aliphatic rings. The van der Waals surface area contributed by atoms with Crippen LogP contribution in [-0.4, -0.2) is 34.4 Å². The summed E-state index contributed by atoms with van der Waals surface area (Å²) in [6.07, 6.45) is 3.56. The monoisotopic (exact) mass is 408 g/mol. The highest BCUT2D eigenvalue weighted by molar-refractivity contribution is 6.76. The first-order chi connectivity index (χ1) is 13.7. The molecule has 1 N–H and O–H groups in total. The van der Waals surface area contributed by atoms with Crippen LogP contribution in [0.3, 0.4) is 0 Å². The van der Waals surface area contributed by atoms with E-state index < -0.39 is 8.07 Å². The standard InChI is InChI=1S/C23H32N4OSi/c1-15-6-7-18-19(10-15)25-22(24-18)21-17-11-16-12-23(16,2)13-20(17)27(26-21)14-28-8-9-29(3,4)5/h6-7,10,16H,8-9,11-14H2,1-5H3,(H,24,25)/t16-,23-/m1/s1. The number of aromatic nitrogens is 4. The Kier molecular flexibility index (Phi) is 4.30. The highest BCUT2D eigenvalue weighted by Crippen LogP contribution is 2.59. The Labute approximate surface area is 173 Å². The number of fused-ring (bicyclic) bond motifs is 3. The first-order valence-electron chi connectivity index (χ1n) is 10.8. The fourth-order valence-electron chi connectivity index (χ4n) is 4.68. The van der Waals surface area contributed by atoms with E-state index in [4.69, 9.17) is 14.8 Å². The highest BCUT2D eigenvalue weighted by atomic mass is 28.3. The van der Waals surface area contributed by atoms with Gasteiger partial charge in [0.2, 0.25) is 0 Å². The van der Waals surface area contributed by atoms with E-state index in [9.17, 15) is 0 Å². The molecular weight excluding hydrogens is 376 g/mol. The average Bonchev–Trinajstić information content (AvgIpc) is 2.95. The molecule has 1 saturated carbocycles. The molecule has 6 heteroatoms. The van der Waals surface area contributed by atoms with Gasteiger partial charge in [-0.2, -0.15) is 5.10 Å². The molecule has 0 amide bonds. The van der Waals surface area contributed by atoms with Gasteiger partial charge in [0.1, 0.15) is 12.4 Å². The molecular formula is C23H32N4OSi. The molecule has 0 aliphatic heterocycles. The third kappa shape index (κ3) is 3.57. The van der Waals surface area contributed by atoms with Gasteiger partial charge < -0.3 is 9.72 Å². The summed E-state index contributed by atoms with van der Waals surface area (Å²) in [6, 6.07) is 7.55. The molecule has 0 bridgehead atoms. The molecule has 0 saturated heterocycles. The molecule has 0 spiro atoms. The van der Waals surface area contributed by atoms with Crippen molar-refractivity contribution in [1.82, 2.24) is 19.7 Å². The molecule has 1 aromatic carbocycles. The Morgan fingerprint density at radius 2 is 2.14 bits per heavy atom. The molecule has 0 unspecified atom stereocenters. The molecule has 2 heterocycles. The minimum absolute atomic E-state index is 0.464. The predicted molar refractivity (Wildman–Crippen MR) is 120 cm³/mol. The van der Waals surface area contributed by atoms with Gasteiger partial charge >= 0.3 is 0 Å². The second kappa shape index (κ2) is 6.54. The van der Waals surface area contributed by atoms with Crippen molar-refractivity contribution in [2.75, 3.05) is 6.61 Å². The predicted octanol–water partition coefficient (Wildman–Crippen LogP) is 5.17. The van der Waals surface area contributed by atoms with Gasteiger partial charge in [-0.05, 0) is 61.3 Å². The zero-order valence-electron chi connectivity index (χ0n) is 18.3. The highest BCUT2D eigenvalue weighted by Gasteiger charge is 2.54. The van der Waals surface area contributed by atoms with Crippen LogP contribution >= 0.6 is 0 Å². The molecule has 29 heavy (non-hydrogen) atoms. The van der Waals surface area contributed by atoms with Crippen LogP contribution in [0.5, 0.6) is 0 Å². The lowest BCUT2D eigenvalue weighted by Crippen LogP contribution is -2.23. The SMILES string of the molecule is Cc1ccc2nc(-c3nn(COCC[Si](C)(C)C)c4c3C[C@@H]3C[C@]3(C)C4)[nH]c2c1. The molecule has 5 nitrogen and oxygen atoms in total. The smallest absolute Gasteiger partial charge is 0.159 e. The third-order valence-corrected chi connectivity index (χ3v) is 8.50. The van der Waals surface area contributed by atoms with Gasteiger partial charge in [0.05, 0.1) is 11.0 Å².